The van der Waals surface area contributed by atoms with Crippen LogP contribution in [-0.2, 0) is 16.6 Å². The van der Waals surface area contributed by atoms with E-state index in [2.05, 4.69) is 22.9 Å². The predicted molar refractivity (Wildman–Crippen MR) is 83.9 cm³/mol. The van der Waals surface area contributed by atoms with E-state index in [0.717, 1.165) is 28.4 Å². The van der Waals surface area contributed by atoms with Gasteiger partial charge in [0.25, 0.3) is 0 Å². The van der Waals surface area contributed by atoms with Crippen molar-refractivity contribution in [2.45, 2.75) is 38.1 Å². The van der Waals surface area contributed by atoms with Crippen molar-refractivity contribution in [1.29, 1.82) is 0 Å². The fraction of sp³-hybridized carbons (Fsp3) is 0.571. The largest absolute Gasteiger partial charge is 0.326 e. The van der Waals surface area contributed by atoms with Gasteiger partial charge in [-0.25, -0.2) is 8.42 Å². The van der Waals surface area contributed by atoms with Crippen LogP contribution in [0.4, 0.5) is 0 Å². The smallest absolute Gasteiger partial charge is 0.243 e. The summed E-state index contributed by atoms with van der Waals surface area (Å²) in [5.41, 5.74) is 7.23. The zero-order valence-electron chi connectivity index (χ0n) is 11.9. The first-order chi connectivity index (χ1) is 9.40. The van der Waals surface area contributed by atoms with Gasteiger partial charge in [0, 0.05) is 24.1 Å². The van der Waals surface area contributed by atoms with Crippen LogP contribution in [-0.4, -0.2) is 25.8 Å². The average Bonchev–Trinajstić information content (AvgIpc) is 2.91. The summed E-state index contributed by atoms with van der Waals surface area (Å²) in [5, 5.41) is 0. The molecule has 1 aliphatic heterocycles. The van der Waals surface area contributed by atoms with Crippen molar-refractivity contribution in [3.63, 3.8) is 0 Å². The third-order valence-electron chi connectivity index (χ3n) is 4.04. The molecule has 0 saturated carbocycles. The van der Waals surface area contributed by atoms with E-state index < -0.39 is 10.0 Å². The molecule has 1 atom stereocenters. The molecule has 0 bridgehead atoms. The molecule has 1 fully saturated rings. The molecule has 112 valence electrons. The molecule has 1 heterocycles. The Hall–Kier alpha value is -0.430. The summed E-state index contributed by atoms with van der Waals surface area (Å²) < 4.78 is 28.0. The van der Waals surface area contributed by atoms with E-state index in [1.165, 1.54) is 0 Å². The summed E-state index contributed by atoms with van der Waals surface area (Å²) >= 11 is 3.43. The molecule has 1 aliphatic rings. The SMILES string of the molecule is CCC1CCN(S(=O)(=O)c2cc(CN)cc(Br)c2C)C1. The zero-order valence-corrected chi connectivity index (χ0v) is 14.3. The van der Waals surface area contributed by atoms with E-state index in [4.69, 9.17) is 5.73 Å². The Morgan fingerprint density at radius 3 is 2.70 bits per heavy atom. The van der Waals surface area contributed by atoms with Crippen molar-refractivity contribution in [2.75, 3.05) is 13.1 Å². The van der Waals surface area contributed by atoms with Crippen molar-refractivity contribution >= 4 is 26.0 Å². The van der Waals surface area contributed by atoms with E-state index in [9.17, 15) is 8.42 Å². The second kappa shape index (κ2) is 6.13. The molecule has 1 saturated heterocycles. The highest BCUT2D eigenvalue weighted by Gasteiger charge is 2.33. The molecule has 1 aromatic carbocycles. The normalized spacial score (nSPS) is 20.5. The van der Waals surface area contributed by atoms with Crippen molar-refractivity contribution in [3.8, 4) is 0 Å². The number of nitrogens with zero attached hydrogens (tertiary/aromatic N) is 1. The van der Waals surface area contributed by atoms with Crippen molar-refractivity contribution in [3.05, 3.63) is 27.7 Å². The van der Waals surface area contributed by atoms with Gasteiger partial charge in [0.1, 0.15) is 0 Å². The van der Waals surface area contributed by atoms with Crippen LogP contribution >= 0.6 is 15.9 Å². The maximum atomic E-state index is 12.8. The van der Waals surface area contributed by atoms with Crippen LogP contribution in [0.15, 0.2) is 21.5 Å². The monoisotopic (exact) mass is 360 g/mol. The first-order valence-electron chi connectivity index (χ1n) is 6.89. The van der Waals surface area contributed by atoms with Gasteiger partial charge in [-0.05, 0) is 42.5 Å². The van der Waals surface area contributed by atoms with Crippen LogP contribution in [0.2, 0.25) is 0 Å². The van der Waals surface area contributed by atoms with Gasteiger partial charge in [0.05, 0.1) is 4.90 Å². The standard InChI is InChI=1S/C14H21BrN2O2S/c1-3-11-4-5-17(9-11)20(18,19)14-7-12(8-16)6-13(15)10(14)2/h6-7,11H,3-5,8-9,16H2,1-2H3. The minimum atomic E-state index is -3.42. The molecule has 0 amide bonds. The highest BCUT2D eigenvalue weighted by atomic mass is 79.9. The third kappa shape index (κ3) is 2.93. The lowest BCUT2D eigenvalue weighted by atomic mass is 10.1. The van der Waals surface area contributed by atoms with Gasteiger partial charge in [-0.15, -0.1) is 0 Å². The second-order valence-electron chi connectivity index (χ2n) is 5.33. The van der Waals surface area contributed by atoms with E-state index in [0.29, 0.717) is 30.4 Å². The fourth-order valence-electron chi connectivity index (χ4n) is 2.58. The number of nitrogens with two attached hydrogens (primary N) is 1. The second-order valence-corrected chi connectivity index (χ2v) is 8.09. The number of hydrogen-bond acceptors (Lipinski definition) is 3. The summed E-state index contributed by atoms with van der Waals surface area (Å²) in [6.45, 7) is 5.51. The molecule has 0 aromatic heterocycles. The van der Waals surface area contributed by atoms with E-state index in [1.54, 1.807) is 10.4 Å². The van der Waals surface area contributed by atoms with Crippen LogP contribution in [0.3, 0.4) is 0 Å². The molecular formula is C14H21BrN2O2S. The molecule has 0 spiro atoms. The summed E-state index contributed by atoms with van der Waals surface area (Å²) in [7, 11) is -3.42. The zero-order chi connectivity index (χ0) is 14.9. The summed E-state index contributed by atoms with van der Waals surface area (Å²) in [4.78, 5) is 0.379. The Balaban J connectivity index is 2.42. The molecule has 2 rings (SSSR count). The molecular weight excluding hydrogens is 340 g/mol. The lowest BCUT2D eigenvalue weighted by molar-refractivity contribution is 0.452. The van der Waals surface area contributed by atoms with Gasteiger partial charge in [-0.1, -0.05) is 29.3 Å². The first-order valence-corrected chi connectivity index (χ1v) is 9.12. The lowest BCUT2D eigenvalue weighted by Crippen LogP contribution is -2.29. The molecule has 0 radical (unpaired) electrons. The summed E-state index contributed by atoms with van der Waals surface area (Å²) in [6.07, 6.45) is 1.98. The maximum Gasteiger partial charge on any atom is 0.243 e. The Bertz CT molecular complexity index is 601. The topological polar surface area (TPSA) is 63.4 Å². The van der Waals surface area contributed by atoms with Crippen LogP contribution in [0, 0.1) is 12.8 Å². The number of sulfonamides is 1. The molecule has 20 heavy (non-hydrogen) atoms. The van der Waals surface area contributed by atoms with Gasteiger partial charge in [-0.3, -0.25) is 0 Å². The molecule has 2 N–H and O–H groups in total. The van der Waals surface area contributed by atoms with Crippen LogP contribution in [0.25, 0.3) is 0 Å². The quantitative estimate of drug-likeness (QED) is 0.897. The highest BCUT2D eigenvalue weighted by molar-refractivity contribution is 9.10. The maximum absolute atomic E-state index is 12.8. The van der Waals surface area contributed by atoms with Gasteiger partial charge in [0.15, 0.2) is 0 Å². The van der Waals surface area contributed by atoms with Crippen LogP contribution in [0.1, 0.15) is 30.9 Å². The minimum absolute atomic E-state index is 0.332. The molecule has 1 unspecified atom stereocenters. The summed E-state index contributed by atoms with van der Waals surface area (Å²) in [6, 6.07) is 3.59. The van der Waals surface area contributed by atoms with Crippen LogP contribution in [0.5, 0.6) is 0 Å². The molecule has 4 nitrogen and oxygen atoms in total. The Kier molecular flexibility index (Phi) is 4.89. The highest BCUT2D eigenvalue weighted by Crippen LogP contribution is 2.31. The van der Waals surface area contributed by atoms with E-state index >= 15 is 0 Å². The number of benzene rings is 1. The molecule has 1 aromatic rings. The van der Waals surface area contributed by atoms with Crippen molar-refractivity contribution in [1.82, 2.24) is 4.31 Å². The van der Waals surface area contributed by atoms with E-state index in [1.807, 2.05) is 13.0 Å². The Morgan fingerprint density at radius 2 is 2.15 bits per heavy atom. The van der Waals surface area contributed by atoms with Gasteiger partial charge in [0.2, 0.25) is 10.0 Å². The third-order valence-corrected chi connectivity index (χ3v) is 6.85. The van der Waals surface area contributed by atoms with Gasteiger partial charge < -0.3 is 5.73 Å². The average molecular weight is 361 g/mol. The van der Waals surface area contributed by atoms with Gasteiger partial charge in [-0.2, -0.15) is 4.31 Å². The van der Waals surface area contributed by atoms with E-state index in [-0.39, 0.29) is 0 Å². The fourth-order valence-corrected chi connectivity index (χ4v) is 5.05. The predicted octanol–water partition coefficient (Wildman–Crippen LogP) is 2.64. The van der Waals surface area contributed by atoms with Crippen molar-refractivity contribution in [2.24, 2.45) is 11.7 Å². The lowest BCUT2D eigenvalue weighted by Gasteiger charge is -2.19. The number of rotatable bonds is 4. The van der Waals surface area contributed by atoms with Crippen molar-refractivity contribution < 1.29 is 8.42 Å². The minimum Gasteiger partial charge on any atom is -0.326 e. The first kappa shape index (κ1) is 15.9. The molecule has 0 aliphatic carbocycles. The Morgan fingerprint density at radius 1 is 1.45 bits per heavy atom. The van der Waals surface area contributed by atoms with Crippen LogP contribution < -0.4 is 5.73 Å². The Labute approximate surface area is 129 Å². The number of halogens is 1. The molecule has 6 heteroatoms. The summed E-state index contributed by atoms with van der Waals surface area (Å²) in [5.74, 6) is 0.478. The number of hydrogen-bond donors (Lipinski definition) is 1. The van der Waals surface area contributed by atoms with Gasteiger partial charge >= 0.3 is 0 Å².